The van der Waals surface area contributed by atoms with Crippen molar-refractivity contribution in [2.45, 2.75) is 32.1 Å². The predicted octanol–water partition coefficient (Wildman–Crippen LogP) is 1.51. The largest absolute Gasteiger partial charge is 0.396 e. The van der Waals surface area contributed by atoms with E-state index < -0.39 is 0 Å². The van der Waals surface area contributed by atoms with Crippen LogP contribution in [0.5, 0.6) is 0 Å². The summed E-state index contributed by atoms with van der Waals surface area (Å²) >= 11 is 0. The van der Waals surface area contributed by atoms with Crippen molar-refractivity contribution < 1.29 is 9.84 Å². The van der Waals surface area contributed by atoms with Crippen molar-refractivity contribution in [3.8, 4) is 0 Å². The van der Waals surface area contributed by atoms with E-state index in [1.165, 1.54) is 38.8 Å². The Balaban J connectivity index is 2.22. The number of nitrogens with zero attached hydrogens (tertiary/aromatic N) is 1. The van der Waals surface area contributed by atoms with E-state index in [-0.39, 0.29) is 0 Å². The molecule has 0 aromatic rings. The van der Waals surface area contributed by atoms with Gasteiger partial charge in [0.15, 0.2) is 0 Å². The van der Waals surface area contributed by atoms with E-state index in [2.05, 4.69) is 4.90 Å². The van der Waals surface area contributed by atoms with Crippen molar-refractivity contribution in [1.82, 2.24) is 4.90 Å². The van der Waals surface area contributed by atoms with Gasteiger partial charge in [-0.2, -0.15) is 0 Å². The van der Waals surface area contributed by atoms with E-state index in [0.717, 1.165) is 19.6 Å². The van der Waals surface area contributed by atoms with Crippen LogP contribution in [0.1, 0.15) is 32.1 Å². The van der Waals surface area contributed by atoms with Gasteiger partial charge < -0.3 is 14.7 Å². The lowest BCUT2D eigenvalue weighted by atomic mass is 10.1. The summed E-state index contributed by atoms with van der Waals surface area (Å²) in [6.07, 6.45) is 6.37. The van der Waals surface area contributed by atoms with Crippen LogP contribution < -0.4 is 0 Å². The standard InChI is InChI=1S/C12H25NO2/c1-15-9-6-12(11-14)10-13-7-4-2-3-5-8-13/h12,14H,2-11H2,1H3. The van der Waals surface area contributed by atoms with Gasteiger partial charge in [0.05, 0.1) is 0 Å². The molecular formula is C12H25NO2. The molecule has 1 heterocycles. The second-order valence-corrected chi connectivity index (χ2v) is 4.54. The fourth-order valence-corrected chi connectivity index (χ4v) is 2.21. The van der Waals surface area contributed by atoms with Crippen LogP contribution in [0.2, 0.25) is 0 Å². The molecular weight excluding hydrogens is 190 g/mol. The summed E-state index contributed by atoms with van der Waals surface area (Å²) in [5.41, 5.74) is 0. The van der Waals surface area contributed by atoms with Gasteiger partial charge in [-0.05, 0) is 38.3 Å². The Bertz CT molecular complexity index is 145. The minimum atomic E-state index is 0.292. The van der Waals surface area contributed by atoms with Gasteiger partial charge in [0.2, 0.25) is 0 Å². The van der Waals surface area contributed by atoms with Crippen molar-refractivity contribution in [2.24, 2.45) is 5.92 Å². The second-order valence-electron chi connectivity index (χ2n) is 4.54. The van der Waals surface area contributed by atoms with E-state index in [1.54, 1.807) is 7.11 Å². The summed E-state index contributed by atoms with van der Waals surface area (Å²) in [6, 6.07) is 0. The molecule has 0 spiro atoms. The molecule has 0 saturated carbocycles. The Morgan fingerprint density at radius 3 is 2.40 bits per heavy atom. The monoisotopic (exact) mass is 215 g/mol. The summed E-state index contributed by atoms with van der Waals surface area (Å²) in [5.74, 6) is 0.392. The first kappa shape index (κ1) is 12.9. The number of ether oxygens (including phenoxy) is 1. The maximum Gasteiger partial charge on any atom is 0.0472 e. The Morgan fingerprint density at radius 1 is 1.20 bits per heavy atom. The van der Waals surface area contributed by atoms with E-state index in [4.69, 9.17) is 4.74 Å². The zero-order valence-electron chi connectivity index (χ0n) is 9.95. The second kappa shape index (κ2) is 8.08. The molecule has 3 nitrogen and oxygen atoms in total. The maximum atomic E-state index is 9.27. The molecule has 0 bridgehead atoms. The molecule has 0 aliphatic carbocycles. The minimum absolute atomic E-state index is 0.292. The van der Waals surface area contributed by atoms with Crippen molar-refractivity contribution in [3.63, 3.8) is 0 Å². The molecule has 1 aliphatic rings. The van der Waals surface area contributed by atoms with Crippen LogP contribution in [-0.4, -0.2) is 50.0 Å². The minimum Gasteiger partial charge on any atom is -0.396 e. The van der Waals surface area contributed by atoms with E-state index in [9.17, 15) is 5.11 Å². The number of aliphatic hydroxyl groups excluding tert-OH is 1. The number of methoxy groups -OCH3 is 1. The summed E-state index contributed by atoms with van der Waals surface area (Å²) in [4.78, 5) is 2.50. The third-order valence-corrected chi connectivity index (χ3v) is 3.20. The van der Waals surface area contributed by atoms with Crippen LogP contribution in [0.25, 0.3) is 0 Å². The molecule has 15 heavy (non-hydrogen) atoms. The number of aliphatic hydroxyl groups is 1. The topological polar surface area (TPSA) is 32.7 Å². The van der Waals surface area contributed by atoms with Crippen LogP contribution >= 0.6 is 0 Å². The quantitative estimate of drug-likeness (QED) is 0.729. The van der Waals surface area contributed by atoms with Crippen molar-refractivity contribution >= 4 is 0 Å². The molecule has 1 aliphatic heterocycles. The van der Waals surface area contributed by atoms with Gasteiger partial charge in [-0.3, -0.25) is 0 Å². The molecule has 1 fully saturated rings. The number of rotatable bonds is 6. The van der Waals surface area contributed by atoms with Gasteiger partial charge in [0.1, 0.15) is 0 Å². The molecule has 0 radical (unpaired) electrons. The zero-order valence-corrected chi connectivity index (χ0v) is 9.95. The van der Waals surface area contributed by atoms with Gasteiger partial charge in [0, 0.05) is 26.9 Å². The lowest BCUT2D eigenvalue weighted by Crippen LogP contribution is -2.32. The Morgan fingerprint density at radius 2 is 1.87 bits per heavy atom. The van der Waals surface area contributed by atoms with Crippen LogP contribution in [0.15, 0.2) is 0 Å². The highest BCUT2D eigenvalue weighted by molar-refractivity contribution is 4.68. The first-order valence-electron chi connectivity index (χ1n) is 6.19. The van der Waals surface area contributed by atoms with Crippen molar-refractivity contribution in [3.05, 3.63) is 0 Å². The Labute approximate surface area is 93.4 Å². The molecule has 3 heteroatoms. The first-order valence-corrected chi connectivity index (χ1v) is 6.19. The molecule has 1 rings (SSSR count). The summed E-state index contributed by atoms with van der Waals surface area (Å²) in [5, 5.41) is 9.27. The fraction of sp³-hybridized carbons (Fsp3) is 1.00. The highest BCUT2D eigenvalue weighted by atomic mass is 16.5. The molecule has 0 aromatic carbocycles. The van der Waals surface area contributed by atoms with E-state index >= 15 is 0 Å². The smallest absolute Gasteiger partial charge is 0.0472 e. The van der Waals surface area contributed by atoms with Gasteiger partial charge in [-0.25, -0.2) is 0 Å². The molecule has 1 unspecified atom stereocenters. The predicted molar refractivity (Wildman–Crippen MR) is 62.0 cm³/mol. The summed E-state index contributed by atoms with van der Waals surface area (Å²) in [6.45, 7) is 4.52. The fourth-order valence-electron chi connectivity index (χ4n) is 2.21. The lowest BCUT2D eigenvalue weighted by Gasteiger charge is -2.24. The molecule has 0 amide bonds. The third-order valence-electron chi connectivity index (χ3n) is 3.20. The Kier molecular flexibility index (Phi) is 6.98. The highest BCUT2D eigenvalue weighted by Gasteiger charge is 2.14. The average Bonchev–Trinajstić information content (AvgIpc) is 2.52. The average molecular weight is 215 g/mol. The van der Waals surface area contributed by atoms with Gasteiger partial charge in [-0.15, -0.1) is 0 Å². The summed E-state index contributed by atoms with van der Waals surface area (Å²) < 4.78 is 5.06. The van der Waals surface area contributed by atoms with Crippen molar-refractivity contribution in [2.75, 3.05) is 40.0 Å². The number of hydrogen-bond donors (Lipinski definition) is 1. The highest BCUT2D eigenvalue weighted by Crippen LogP contribution is 2.13. The third kappa shape index (κ3) is 5.50. The number of likely N-dealkylation sites (tertiary alicyclic amines) is 1. The van der Waals surface area contributed by atoms with Crippen LogP contribution in [0.3, 0.4) is 0 Å². The Hall–Kier alpha value is -0.120. The van der Waals surface area contributed by atoms with Crippen molar-refractivity contribution in [1.29, 1.82) is 0 Å². The molecule has 90 valence electrons. The lowest BCUT2D eigenvalue weighted by molar-refractivity contribution is 0.119. The van der Waals surface area contributed by atoms with Crippen LogP contribution in [-0.2, 0) is 4.74 Å². The first-order chi connectivity index (χ1) is 7.36. The molecule has 1 saturated heterocycles. The summed E-state index contributed by atoms with van der Waals surface area (Å²) in [7, 11) is 1.72. The van der Waals surface area contributed by atoms with Gasteiger partial charge in [-0.1, -0.05) is 12.8 Å². The van der Waals surface area contributed by atoms with E-state index in [1.807, 2.05) is 0 Å². The molecule has 1 N–H and O–H groups in total. The SMILES string of the molecule is COCCC(CO)CN1CCCCCC1. The zero-order chi connectivity index (χ0) is 10.9. The van der Waals surface area contributed by atoms with Crippen LogP contribution in [0, 0.1) is 5.92 Å². The van der Waals surface area contributed by atoms with Crippen LogP contribution in [0.4, 0.5) is 0 Å². The molecule has 1 atom stereocenters. The molecule has 0 aromatic heterocycles. The maximum absolute atomic E-state index is 9.27. The van der Waals surface area contributed by atoms with E-state index in [0.29, 0.717) is 12.5 Å². The van der Waals surface area contributed by atoms with Gasteiger partial charge >= 0.3 is 0 Å². The normalized spacial score (nSPS) is 21.2. The number of hydrogen-bond acceptors (Lipinski definition) is 3. The van der Waals surface area contributed by atoms with Gasteiger partial charge in [0.25, 0.3) is 0 Å².